The van der Waals surface area contributed by atoms with Crippen LogP contribution in [-0.4, -0.2) is 0 Å². The number of benzene rings is 1. The fraction of sp³-hybridized carbons (Fsp3) is 0.714. The van der Waals surface area contributed by atoms with Crippen LogP contribution in [0.5, 0.6) is 0 Å². The maximum absolute atomic E-state index is 13.5. The topological polar surface area (TPSA) is 0 Å². The molecule has 3 rings (SSSR count). The van der Waals surface area contributed by atoms with E-state index >= 15 is 0 Å². The first-order chi connectivity index (χ1) is 11.2. The Morgan fingerprint density at radius 3 is 2.30 bits per heavy atom. The van der Waals surface area contributed by atoms with Gasteiger partial charge in [-0.2, -0.15) is 0 Å². The van der Waals surface area contributed by atoms with Crippen LogP contribution in [0, 0.1) is 29.4 Å². The van der Waals surface area contributed by atoms with Gasteiger partial charge in [-0.1, -0.05) is 39.0 Å². The molecule has 0 saturated heterocycles. The minimum Gasteiger partial charge on any atom is -0.207 e. The molecule has 0 radical (unpaired) electrons. The zero-order chi connectivity index (χ0) is 16.2. The second kappa shape index (κ2) is 7.77. The molecule has 0 amide bonds. The van der Waals surface area contributed by atoms with Crippen molar-refractivity contribution in [2.75, 3.05) is 0 Å². The van der Waals surface area contributed by atoms with Gasteiger partial charge in [0.15, 0.2) is 0 Å². The van der Waals surface area contributed by atoms with E-state index in [0.29, 0.717) is 5.92 Å². The van der Waals surface area contributed by atoms with Gasteiger partial charge in [0, 0.05) is 6.07 Å². The number of fused-ring (bicyclic) bond motifs is 1. The van der Waals surface area contributed by atoms with E-state index in [-0.39, 0.29) is 0 Å². The largest absolute Gasteiger partial charge is 0.207 e. The van der Waals surface area contributed by atoms with Gasteiger partial charge in [-0.25, -0.2) is 8.78 Å². The van der Waals surface area contributed by atoms with Gasteiger partial charge in [-0.15, -0.1) is 0 Å². The SMILES string of the molecule is CCCCCC1CC[C@@H]2C[C@H](c3cc(F)cc(F)c3)CC[C@@H]2C1. The Kier molecular flexibility index (Phi) is 5.71. The van der Waals surface area contributed by atoms with Crippen LogP contribution in [0.25, 0.3) is 0 Å². The summed E-state index contributed by atoms with van der Waals surface area (Å²) in [6.45, 7) is 2.27. The minimum absolute atomic E-state index is 0.359. The highest BCUT2D eigenvalue weighted by molar-refractivity contribution is 5.22. The lowest BCUT2D eigenvalue weighted by molar-refractivity contribution is 0.113. The highest BCUT2D eigenvalue weighted by atomic mass is 19.1. The van der Waals surface area contributed by atoms with Gasteiger partial charge < -0.3 is 0 Å². The van der Waals surface area contributed by atoms with Crippen molar-refractivity contribution in [3.63, 3.8) is 0 Å². The molecular weight excluding hydrogens is 290 g/mol. The van der Waals surface area contributed by atoms with Gasteiger partial charge >= 0.3 is 0 Å². The van der Waals surface area contributed by atoms with Gasteiger partial charge in [-0.05, 0) is 73.5 Å². The Bertz CT molecular complexity index is 490. The summed E-state index contributed by atoms with van der Waals surface area (Å²) in [5.74, 6) is 2.08. The first-order valence-electron chi connectivity index (χ1n) is 9.61. The lowest BCUT2D eigenvalue weighted by atomic mass is 9.63. The third kappa shape index (κ3) is 4.33. The zero-order valence-corrected chi connectivity index (χ0v) is 14.4. The standard InChI is InChI=1S/C21H30F2/c1-2-3-4-5-15-6-7-17-11-18(9-8-16(17)10-15)19-12-20(22)14-21(23)13-19/h12-18H,2-11H2,1H3/t15?,16-,17-,18-/m1/s1. The summed E-state index contributed by atoms with van der Waals surface area (Å²) in [6, 6.07) is 4.07. The van der Waals surface area contributed by atoms with Crippen LogP contribution in [0.3, 0.4) is 0 Å². The number of rotatable bonds is 5. The molecule has 1 aromatic rings. The lowest BCUT2D eigenvalue weighted by Crippen LogP contribution is -2.30. The molecule has 2 aliphatic carbocycles. The molecule has 0 bridgehead atoms. The molecular formula is C21H30F2. The third-order valence-corrected chi connectivity index (χ3v) is 6.29. The highest BCUT2D eigenvalue weighted by Gasteiger charge is 2.35. The fourth-order valence-corrected chi connectivity index (χ4v) is 5.05. The first kappa shape index (κ1) is 16.9. The van der Waals surface area contributed by atoms with Crippen LogP contribution in [0.2, 0.25) is 0 Å². The van der Waals surface area contributed by atoms with Crippen molar-refractivity contribution < 1.29 is 8.78 Å². The van der Waals surface area contributed by atoms with E-state index in [2.05, 4.69) is 6.92 Å². The van der Waals surface area contributed by atoms with Gasteiger partial charge in [0.1, 0.15) is 11.6 Å². The fourth-order valence-electron chi connectivity index (χ4n) is 5.05. The quantitative estimate of drug-likeness (QED) is 0.521. The molecule has 2 heteroatoms. The molecule has 0 aromatic heterocycles. The van der Waals surface area contributed by atoms with E-state index < -0.39 is 11.6 Å². The monoisotopic (exact) mass is 320 g/mol. The Morgan fingerprint density at radius 2 is 1.57 bits per heavy atom. The summed E-state index contributed by atoms with van der Waals surface area (Å²) in [4.78, 5) is 0. The summed E-state index contributed by atoms with van der Waals surface area (Å²) in [7, 11) is 0. The predicted octanol–water partition coefficient (Wildman–Crippen LogP) is 6.85. The molecule has 2 aliphatic rings. The van der Waals surface area contributed by atoms with Crippen LogP contribution in [0.4, 0.5) is 8.78 Å². The van der Waals surface area contributed by atoms with Crippen molar-refractivity contribution in [1.29, 1.82) is 0 Å². The first-order valence-corrected chi connectivity index (χ1v) is 9.61. The average molecular weight is 320 g/mol. The van der Waals surface area contributed by atoms with Crippen LogP contribution in [0.15, 0.2) is 18.2 Å². The third-order valence-electron chi connectivity index (χ3n) is 6.29. The summed E-state index contributed by atoms with van der Waals surface area (Å²) < 4.78 is 26.9. The van der Waals surface area contributed by atoms with Gasteiger partial charge in [-0.3, -0.25) is 0 Å². The Hall–Kier alpha value is -0.920. The molecule has 23 heavy (non-hydrogen) atoms. The Balaban J connectivity index is 1.56. The van der Waals surface area contributed by atoms with Crippen molar-refractivity contribution in [1.82, 2.24) is 0 Å². The van der Waals surface area contributed by atoms with E-state index in [1.807, 2.05) is 0 Å². The van der Waals surface area contributed by atoms with E-state index in [1.165, 1.54) is 51.4 Å². The van der Waals surface area contributed by atoms with Crippen molar-refractivity contribution >= 4 is 0 Å². The Morgan fingerprint density at radius 1 is 0.870 bits per heavy atom. The highest BCUT2D eigenvalue weighted by Crippen LogP contribution is 2.48. The maximum Gasteiger partial charge on any atom is 0.126 e. The predicted molar refractivity (Wildman–Crippen MR) is 91.4 cm³/mol. The van der Waals surface area contributed by atoms with Crippen LogP contribution in [0.1, 0.15) is 82.6 Å². The maximum atomic E-state index is 13.5. The van der Waals surface area contributed by atoms with Crippen LogP contribution >= 0.6 is 0 Å². The van der Waals surface area contributed by atoms with E-state index in [1.54, 1.807) is 12.1 Å². The molecule has 0 spiro atoms. The van der Waals surface area contributed by atoms with Crippen molar-refractivity contribution in [2.45, 2.75) is 77.0 Å². The van der Waals surface area contributed by atoms with Crippen LogP contribution in [-0.2, 0) is 0 Å². The molecule has 2 fully saturated rings. The molecule has 0 N–H and O–H groups in total. The number of hydrogen-bond donors (Lipinski definition) is 0. The molecule has 4 atom stereocenters. The minimum atomic E-state index is -0.429. The summed E-state index contributed by atoms with van der Waals surface area (Å²) in [5, 5.41) is 0. The van der Waals surface area contributed by atoms with E-state index in [4.69, 9.17) is 0 Å². The lowest BCUT2D eigenvalue weighted by Gasteiger charge is -2.42. The van der Waals surface area contributed by atoms with Crippen LogP contribution < -0.4 is 0 Å². The smallest absolute Gasteiger partial charge is 0.126 e. The molecule has 1 aromatic carbocycles. The Labute approximate surface area is 139 Å². The molecule has 1 unspecified atom stereocenters. The number of unbranched alkanes of at least 4 members (excludes halogenated alkanes) is 2. The second-order valence-corrected chi connectivity index (χ2v) is 7.91. The second-order valence-electron chi connectivity index (χ2n) is 7.91. The molecule has 0 heterocycles. The van der Waals surface area contributed by atoms with Crippen molar-refractivity contribution in [3.05, 3.63) is 35.4 Å². The zero-order valence-electron chi connectivity index (χ0n) is 14.4. The van der Waals surface area contributed by atoms with Crippen molar-refractivity contribution in [3.8, 4) is 0 Å². The molecule has 2 saturated carbocycles. The van der Waals surface area contributed by atoms with Gasteiger partial charge in [0.05, 0.1) is 0 Å². The van der Waals surface area contributed by atoms with Gasteiger partial charge in [0.25, 0.3) is 0 Å². The molecule has 0 aliphatic heterocycles. The molecule has 0 nitrogen and oxygen atoms in total. The van der Waals surface area contributed by atoms with E-state index in [9.17, 15) is 8.78 Å². The normalized spacial score (nSPS) is 30.9. The average Bonchev–Trinajstić information content (AvgIpc) is 2.53. The van der Waals surface area contributed by atoms with Crippen molar-refractivity contribution in [2.24, 2.45) is 17.8 Å². The van der Waals surface area contributed by atoms with E-state index in [0.717, 1.165) is 42.2 Å². The summed E-state index contributed by atoms with van der Waals surface area (Å²) in [5.41, 5.74) is 0.881. The van der Waals surface area contributed by atoms with Gasteiger partial charge in [0.2, 0.25) is 0 Å². The summed E-state index contributed by atoms with van der Waals surface area (Å²) >= 11 is 0. The molecule has 128 valence electrons. The summed E-state index contributed by atoms with van der Waals surface area (Å²) in [6.07, 6.45) is 13.1. The number of halogens is 2. The number of hydrogen-bond acceptors (Lipinski definition) is 0.